The van der Waals surface area contributed by atoms with Gasteiger partial charge in [-0.3, -0.25) is 4.79 Å². The van der Waals surface area contributed by atoms with Gasteiger partial charge in [-0.25, -0.2) is 4.72 Å². The predicted molar refractivity (Wildman–Crippen MR) is 71.7 cm³/mol. The molecule has 0 bridgehead atoms. The van der Waals surface area contributed by atoms with E-state index in [1.807, 2.05) is 0 Å². The average Bonchev–Trinajstić information content (AvgIpc) is 2.24. The first kappa shape index (κ1) is 19.9. The molecule has 0 heterocycles. The van der Waals surface area contributed by atoms with E-state index in [1.165, 1.54) is 14.2 Å². The van der Waals surface area contributed by atoms with Crippen molar-refractivity contribution >= 4 is 28.6 Å². The van der Waals surface area contributed by atoms with E-state index in [0.717, 1.165) is 4.31 Å². The lowest BCUT2D eigenvalue weighted by Gasteiger charge is -2.17. The van der Waals surface area contributed by atoms with Gasteiger partial charge in [0, 0.05) is 26.2 Å². The summed E-state index contributed by atoms with van der Waals surface area (Å²) in [5.74, 6) is -0.442. The summed E-state index contributed by atoms with van der Waals surface area (Å²) in [5, 5.41) is 0. The van der Waals surface area contributed by atoms with Crippen molar-refractivity contribution in [1.82, 2.24) is 9.03 Å². The zero-order valence-electron chi connectivity index (χ0n) is 10.9. The normalized spacial score (nSPS) is 12.9. The third-order valence-electron chi connectivity index (χ3n) is 2.15. The van der Waals surface area contributed by atoms with Gasteiger partial charge in [0.15, 0.2) is 0 Å². The Morgan fingerprint density at radius 3 is 2.50 bits per heavy atom. The molecule has 1 unspecified atom stereocenters. The number of methoxy groups -OCH3 is 1. The summed E-state index contributed by atoms with van der Waals surface area (Å²) >= 11 is 0. The number of nitrogens with two attached hydrogens (primary N) is 1. The molecule has 0 saturated heterocycles. The average molecular weight is 304 g/mol. The highest BCUT2D eigenvalue weighted by molar-refractivity contribution is 7.87. The van der Waals surface area contributed by atoms with Gasteiger partial charge < -0.3 is 10.5 Å². The van der Waals surface area contributed by atoms with Crippen LogP contribution in [0.1, 0.15) is 19.8 Å². The van der Waals surface area contributed by atoms with Crippen molar-refractivity contribution in [2.24, 2.45) is 5.73 Å². The second kappa shape index (κ2) is 9.51. The van der Waals surface area contributed by atoms with Crippen LogP contribution in [-0.2, 0) is 19.7 Å². The molecule has 0 rings (SSSR count). The van der Waals surface area contributed by atoms with E-state index < -0.39 is 16.2 Å². The fraction of sp³-hybridized carbons (Fsp3) is 0.889. The molecule has 7 nitrogen and oxygen atoms in total. The summed E-state index contributed by atoms with van der Waals surface area (Å²) < 4.78 is 31.2. The lowest BCUT2D eigenvalue weighted by atomic mass is 10.3. The molecule has 9 heteroatoms. The minimum absolute atomic E-state index is 0. The number of carbonyl (C=O) groups excluding carboxylic acids is 1. The van der Waals surface area contributed by atoms with E-state index in [-0.39, 0.29) is 38.0 Å². The van der Waals surface area contributed by atoms with E-state index in [1.54, 1.807) is 6.92 Å². The Bertz CT molecular complexity index is 335. The van der Waals surface area contributed by atoms with Crippen LogP contribution >= 0.6 is 12.4 Å². The third kappa shape index (κ3) is 8.65. The second-order valence-electron chi connectivity index (χ2n) is 3.81. The van der Waals surface area contributed by atoms with Crippen molar-refractivity contribution < 1.29 is 17.9 Å². The molecule has 3 N–H and O–H groups in total. The summed E-state index contributed by atoms with van der Waals surface area (Å²) in [6, 6.07) is -0.0573. The van der Waals surface area contributed by atoms with E-state index >= 15 is 0 Å². The minimum atomic E-state index is -3.54. The van der Waals surface area contributed by atoms with Crippen molar-refractivity contribution in [3.8, 4) is 0 Å². The van der Waals surface area contributed by atoms with Crippen LogP contribution < -0.4 is 10.5 Å². The lowest BCUT2D eigenvalue weighted by Crippen LogP contribution is -2.40. The van der Waals surface area contributed by atoms with Crippen molar-refractivity contribution in [2.75, 3.05) is 27.2 Å². The molecule has 0 aliphatic carbocycles. The van der Waals surface area contributed by atoms with Crippen molar-refractivity contribution in [2.45, 2.75) is 25.8 Å². The largest absolute Gasteiger partial charge is 0.469 e. The summed E-state index contributed by atoms with van der Waals surface area (Å²) in [5.41, 5.74) is 5.50. The highest BCUT2D eigenvalue weighted by Crippen LogP contribution is 1.97. The Balaban J connectivity index is 0. The fourth-order valence-electron chi connectivity index (χ4n) is 0.997. The first-order chi connectivity index (χ1) is 7.79. The van der Waals surface area contributed by atoms with Crippen LogP contribution in [0.25, 0.3) is 0 Å². The second-order valence-corrected chi connectivity index (χ2v) is 5.68. The van der Waals surface area contributed by atoms with Crippen molar-refractivity contribution in [3.63, 3.8) is 0 Å². The zero-order chi connectivity index (χ0) is 13.5. The Morgan fingerprint density at radius 2 is 2.06 bits per heavy atom. The number of hydrogen-bond acceptors (Lipinski definition) is 5. The van der Waals surface area contributed by atoms with E-state index in [4.69, 9.17) is 5.73 Å². The van der Waals surface area contributed by atoms with Gasteiger partial charge in [-0.05, 0) is 13.3 Å². The monoisotopic (exact) mass is 303 g/mol. The number of hydrogen-bond donors (Lipinski definition) is 2. The molecule has 0 spiro atoms. The number of esters is 1. The van der Waals surface area contributed by atoms with Gasteiger partial charge >= 0.3 is 5.97 Å². The van der Waals surface area contributed by atoms with Crippen LogP contribution in [0.2, 0.25) is 0 Å². The molecular weight excluding hydrogens is 282 g/mol. The summed E-state index contributed by atoms with van der Waals surface area (Å²) in [4.78, 5) is 10.9. The van der Waals surface area contributed by atoms with Gasteiger partial charge in [0.05, 0.1) is 13.5 Å². The van der Waals surface area contributed by atoms with Gasteiger partial charge in [0.2, 0.25) is 0 Å². The topological polar surface area (TPSA) is 102 Å². The Hall–Kier alpha value is -0.410. The van der Waals surface area contributed by atoms with Gasteiger partial charge in [-0.1, -0.05) is 0 Å². The highest BCUT2D eigenvalue weighted by atomic mass is 35.5. The molecule has 0 radical (unpaired) electrons. The first-order valence-electron chi connectivity index (χ1n) is 5.33. The number of carbonyl (C=O) groups is 1. The number of rotatable bonds is 8. The molecule has 110 valence electrons. The Morgan fingerprint density at radius 1 is 1.50 bits per heavy atom. The summed E-state index contributed by atoms with van der Waals surface area (Å²) in [6.45, 7) is 2.16. The molecular formula is C9H22ClN3O4S. The molecule has 0 aromatic heterocycles. The van der Waals surface area contributed by atoms with E-state index in [0.29, 0.717) is 6.42 Å². The Kier molecular flexibility index (Phi) is 10.5. The lowest BCUT2D eigenvalue weighted by molar-refractivity contribution is -0.140. The van der Waals surface area contributed by atoms with Crippen molar-refractivity contribution in [3.05, 3.63) is 0 Å². The van der Waals surface area contributed by atoms with Gasteiger partial charge in [0.1, 0.15) is 0 Å². The first-order valence-corrected chi connectivity index (χ1v) is 6.77. The molecule has 0 aliphatic heterocycles. The van der Waals surface area contributed by atoms with Crippen LogP contribution in [-0.4, -0.2) is 52.0 Å². The van der Waals surface area contributed by atoms with E-state index in [2.05, 4.69) is 9.46 Å². The molecule has 18 heavy (non-hydrogen) atoms. The maximum atomic E-state index is 11.6. The molecule has 0 aromatic carbocycles. The number of ether oxygens (including phenoxy) is 1. The van der Waals surface area contributed by atoms with Crippen LogP contribution in [0.4, 0.5) is 0 Å². The number of halogens is 1. The van der Waals surface area contributed by atoms with Gasteiger partial charge in [-0.15, -0.1) is 12.4 Å². The fourth-order valence-corrected chi connectivity index (χ4v) is 1.92. The highest BCUT2D eigenvalue weighted by Gasteiger charge is 2.17. The van der Waals surface area contributed by atoms with Crippen LogP contribution in [0.15, 0.2) is 0 Å². The molecule has 0 saturated carbocycles. The molecule has 0 aromatic rings. The van der Waals surface area contributed by atoms with Crippen molar-refractivity contribution in [1.29, 1.82) is 0 Å². The van der Waals surface area contributed by atoms with Crippen LogP contribution in [0, 0.1) is 0 Å². The summed E-state index contributed by atoms with van der Waals surface area (Å²) in [7, 11) is -0.878. The van der Waals surface area contributed by atoms with Gasteiger partial charge in [0.25, 0.3) is 10.2 Å². The molecule has 0 amide bonds. The van der Waals surface area contributed by atoms with Crippen LogP contribution in [0.5, 0.6) is 0 Å². The number of nitrogens with zero attached hydrogens (tertiary/aromatic N) is 1. The minimum Gasteiger partial charge on any atom is -0.469 e. The maximum Gasteiger partial charge on any atom is 0.306 e. The van der Waals surface area contributed by atoms with E-state index in [9.17, 15) is 13.2 Å². The standard InChI is InChI=1S/C9H21N3O4S.ClH/c1-8(10)4-6-11-17(14,15)12(2)7-5-9(13)16-3;/h8,11H,4-7,10H2,1-3H3;1H. The van der Waals surface area contributed by atoms with Crippen LogP contribution in [0.3, 0.4) is 0 Å². The zero-order valence-corrected chi connectivity index (χ0v) is 12.5. The third-order valence-corrected chi connectivity index (χ3v) is 3.73. The molecule has 1 atom stereocenters. The SMILES string of the molecule is COC(=O)CCN(C)S(=O)(=O)NCCC(C)N.Cl. The number of nitrogens with one attached hydrogen (secondary N) is 1. The Labute approximate surface area is 115 Å². The summed E-state index contributed by atoms with van der Waals surface area (Å²) in [6.07, 6.45) is 0.589. The quantitative estimate of drug-likeness (QED) is 0.587. The van der Waals surface area contributed by atoms with Gasteiger partial charge in [-0.2, -0.15) is 12.7 Å². The predicted octanol–water partition coefficient (Wildman–Crippen LogP) is -0.525. The maximum absolute atomic E-state index is 11.6. The smallest absolute Gasteiger partial charge is 0.306 e. The molecule has 0 fully saturated rings. The molecule has 0 aliphatic rings.